The van der Waals surface area contributed by atoms with Crippen molar-refractivity contribution in [1.29, 1.82) is 0 Å². The maximum atomic E-state index is 14.1. The highest BCUT2D eigenvalue weighted by Crippen LogP contribution is 2.34. The van der Waals surface area contributed by atoms with E-state index >= 15 is 0 Å². The average Bonchev–Trinajstić information content (AvgIpc) is 2.55. The number of nitrogens with two attached hydrogens (primary N) is 1. The van der Waals surface area contributed by atoms with Crippen molar-refractivity contribution in [2.45, 2.75) is 29.9 Å². The Morgan fingerprint density at radius 3 is 2.71 bits per heavy atom. The molecule has 0 spiro atoms. The molecule has 1 aliphatic heterocycles. The van der Waals surface area contributed by atoms with Gasteiger partial charge in [0.05, 0.1) is 5.69 Å². The number of sulfonamides is 1. The van der Waals surface area contributed by atoms with Crippen molar-refractivity contribution in [1.82, 2.24) is 4.31 Å². The van der Waals surface area contributed by atoms with Crippen molar-refractivity contribution >= 4 is 39.1 Å². The zero-order valence-electron chi connectivity index (χ0n) is 11.9. The van der Waals surface area contributed by atoms with Crippen LogP contribution >= 0.6 is 23.4 Å². The zero-order chi connectivity index (χ0) is 15.8. The Kier molecular flexibility index (Phi) is 4.78. The fraction of sp³-hybridized carbons (Fsp3) is 0.538. The van der Waals surface area contributed by atoms with Gasteiger partial charge in [-0.25, -0.2) is 12.8 Å². The van der Waals surface area contributed by atoms with Crippen molar-refractivity contribution in [3.05, 3.63) is 23.0 Å². The quantitative estimate of drug-likeness (QED) is 0.831. The van der Waals surface area contributed by atoms with Crippen LogP contribution in [0.4, 0.5) is 10.1 Å². The molecule has 8 heteroatoms. The van der Waals surface area contributed by atoms with Crippen molar-refractivity contribution in [2.24, 2.45) is 0 Å². The fourth-order valence-corrected chi connectivity index (χ4v) is 5.22. The molecule has 0 amide bonds. The third kappa shape index (κ3) is 3.64. The van der Waals surface area contributed by atoms with E-state index in [1.807, 2.05) is 0 Å². The summed E-state index contributed by atoms with van der Waals surface area (Å²) in [6, 6.07) is 2.32. The molecule has 0 bridgehead atoms. The van der Waals surface area contributed by atoms with Crippen LogP contribution in [0.5, 0.6) is 0 Å². The summed E-state index contributed by atoms with van der Waals surface area (Å²) in [6.45, 7) is 4.86. The van der Waals surface area contributed by atoms with Gasteiger partial charge in [-0.05, 0) is 18.6 Å². The van der Waals surface area contributed by atoms with E-state index in [1.165, 1.54) is 10.4 Å². The highest BCUT2D eigenvalue weighted by molar-refractivity contribution is 8.00. The first kappa shape index (κ1) is 16.9. The molecule has 1 saturated heterocycles. The van der Waals surface area contributed by atoms with Crippen LogP contribution in [0.3, 0.4) is 0 Å². The minimum atomic E-state index is -3.93. The lowest BCUT2D eigenvalue weighted by Gasteiger charge is -2.22. The van der Waals surface area contributed by atoms with Gasteiger partial charge in [0.2, 0.25) is 10.0 Å². The maximum Gasteiger partial charge on any atom is 0.246 e. The summed E-state index contributed by atoms with van der Waals surface area (Å²) in [5, 5.41) is 0.108. The second-order valence-corrected chi connectivity index (χ2v) is 9.71. The Morgan fingerprint density at radius 1 is 1.38 bits per heavy atom. The summed E-state index contributed by atoms with van der Waals surface area (Å²) in [5.74, 6) is -0.264. The summed E-state index contributed by atoms with van der Waals surface area (Å²) >= 11 is 7.53. The maximum absolute atomic E-state index is 14.1. The Labute approximate surface area is 133 Å². The molecule has 1 heterocycles. The first-order chi connectivity index (χ1) is 9.63. The molecule has 0 radical (unpaired) electrons. The molecule has 4 nitrogen and oxygen atoms in total. The third-order valence-corrected chi connectivity index (χ3v) is 6.94. The van der Waals surface area contributed by atoms with E-state index in [1.54, 1.807) is 11.8 Å². The van der Waals surface area contributed by atoms with Crippen LogP contribution < -0.4 is 5.73 Å². The van der Waals surface area contributed by atoms with E-state index in [0.29, 0.717) is 25.3 Å². The molecule has 1 fully saturated rings. The lowest BCUT2D eigenvalue weighted by molar-refractivity contribution is 0.412. The number of halogens is 2. The number of hydrogen-bond acceptors (Lipinski definition) is 4. The molecule has 1 aromatic carbocycles. The van der Waals surface area contributed by atoms with Gasteiger partial charge in [-0.1, -0.05) is 25.4 Å². The zero-order valence-corrected chi connectivity index (χ0v) is 14.3. The lowest BCUT2D eigenvalue weighted by Crippen LogP contribution is -2.34. The molecular weight excluding hydrogens is 335 g/mol. The van der Waals surface area contributed by atoms with E-state index in [0.717, 1.165) is 6.07 Å². The smallest absolute Gasteiger partial charge is 0.246 e. The number of hydrogen-bond donors (Lipinski definition) is 1. The molecule has 1 aromatic rings. The van der Waals surface area contributed by atoms with Gasteiger partial charge in [-0.15, -0.1) is 0 Å². The monoisotopic (exact) mass is 352 g/mol. The van der Waals surface area contributed by atoms with Crippen LogP contribution in [0, 0.1) is 5.82 Å². The minimum Gasteiger partial charge on any atom is -0.396 e. The predicted octanol–water partition coefficient (Wildman–Crippen LogP) is 2.97. The molecule has 2 N–H and O–H groups in total. The average molecular weight is 353 g/mol. The summed E-state index contributed by atoms with van der Waals surface area (Å²) in [4.78, 5) is -0.447. The molecule has 0 aliphatic carbocycles. The Morgan fingerprint density at radius 2 is 2.05 bits per heavy atom. The normalized spacial score (nSPS) is 20.2. The molecule has 0 saturated carbocycles. The van der Waals surface area contributed by atoms with Crippen LogP contribution in [-0.2, 0) is 10.0 Å². The first-order valence-corrected chi connectivity index (χ1v) is 9.32. The van der Waals surface area contributed by atoms with Crippen LogP contribution in [0.15, 0.2) is 17.0 Å². The summed E-state index contributed by atoms with van der Waals surface area (Å²) in [6.07, 6.45) is 0.703. The van der Waals surface area contributed by atoms with Crippen LogP contribution in [0.1, 0.15) is 20.3 Å². The molecular formula is C13H18ClFN2O2S2. The van der Waals surface area contributed by atoms with E-state index < -0.39 is 20.7 Å². The Hall–Kier alpha value is -0.500. The molecule has 0 atom stereocenters. The van der Waals surface area contributed by atoms with Gasteiger partial charge in [0, 0.05) is 28.6 Å². The second kappa shape index (κ2) is 5.95. The molecule has 0 unspecified atom stereocenters. The van der Waals surface area contributed by atoms with E-state index in [-0.39, 0.29) is 15.5 Å². The largest absolute Gasteiger partial charge is 0.396 e. The molecule has 1 aliphatic rings. The number of nitrogens with zero attached hydrogens (tertiary/aromatic N) is 1. The number of rotatable bonds is 2. The SMILES string of the molecule is CC1(C)CCN(S(=O)(=O)c2cc(Cl)cc(N)c2F)CCS1. The van der Waals surface area contributed by atoms with Crippen LogP contribution in [0.2, 0.25) is 5.02 Å². The van der Waals surface area contributed by atoms with E-state index in [9.17, 15) is 12.8 Å². The van der Waals surface area contributed by atoms with Crippen molar-refractivity contribution < 1.29 is 12.8 Å². The van der Waals surface area contributed by atoms with Gasteiger partial charge in [-0.3, -0.25) is 0 Å². The van der Waals surface area contributed by atoms with Gasteiger partial charge in [0.1, 0.15) is 4.90 Å². The highest BCUT2D eigenvalue weighted by atomic mass is 35.5. The van der Waals surface area contributed by atoms with E-state index in [2.05, 4.69) is 13.8 Å². The van der Waals surface area contributed by atoms with Crippen LogP contribution in [-0.4, -0.2) is 36.3 Å². The summed E-state index contributed by atoms with van der Waals surface area (Å²) in [5.41, 5.74) is 5.22. The van der Waals surface area contributed by atoms with Crippen molar-refractivity contribution in [3.8, 4) is 0 Å². The lowest BCUT2D eigenvalue weighted by atomic mass is 10.1. The Bertz CT molecular complexity index is 650. The molecule has 2 rings (SSSR count). The third-order valence-electron chi connectivity index (χ3n) is 3.45. The van der Waals surface area contributed by atoms with Gasteiger partial charge in [0.25, 0.3) is 0 Å². The summed E-state index contributed by atoms with van der Waals surface area (Å²) in [7, 11) is -3.93. The van der Waals surface area contributed by atoms with Gasteiger partial charge in [0.15, 0.2) is 5.82 Å². The molecule has 118 valence electrons. The van der Waals surface area contributed by atoms with Crippen molar-refractivity contribution in [3.63, 3.8) is 0 Å². The number of nitrogen functional groups attached to an aromatic ring is 1. The van der Waals surface area contributed by atoms with Crippen LogP contribution in [0.25, 0.3) is 0 Å². The summed E-state index contributed by atoms with van der Waals surface area (Å²) < 4.78 is 40.7. The highest BCUT2D eigenvalue weighted by Gasteiger charge is 2.33. The second-order valence-electron chi connectivity index (χ2n) is 5.57. The van der Waals surface area contributed by atoms with Gasteiger partial charge < -0.3 is 5.73 Å². The number of thioether (sulfide) groups is 1. The predicted molar refractivity (Wildman–Crippen MR) is 85.7 cm³/mol. The number of benzene rings is 1. The number of anilines is 1. The fourth-order valence-electron chi connectivity index (χ4n) is 2.15. The van der Waals surface area contributed by atoms with Crippen molar-refractivity contribution in [2.75, 3.05) is 24.6 Å². The standard InChI is InChI=1S/C13H18ClFN2O2S2/c1-13(2)3-4-17(5-6-20-13)21(18,19)11-8-9(14)7-10(16)12(11)15/h7-8H,3-6,16H2,1-2H3. The molecule has 21 heavy (non-hydrogen) atoms. The van der Waals surface area contributed by atoms with Gasteiger partial charge in [-0.2, -0.15) is 16.1 Å². The Balaban J connectivity index is 2.39. The first-order valence-electron chi connectivity index (χ1n) is 6.52. The van der Waals surface area contributed by atoms with E-state index in [4.69, 9.17) is 17.3 Å². The minimum absolute atomic E-state index is 0.0101. The topological polar surface area (TPSA) is 63.4 Å². The van der Waals surface area contributed by atoms with Gasteiger partial charge >= 0.3 is 0 Å². The molecule has 0 aromatic heterocycles.